The second-order valence-electron chi connectivity index (χ2n) is 4.75. The Morgan fingerprint density at radius 3 is 2.55 bits per heavy atom. The highest BCUT2D eigenvalue weighted by molar-refractivity contribution is 6.03. The molecule has 2 aromatic carbocycles. The molecule has 20 heavy (non-hydrogen) atoms. The number of benzene rings is 2. The van der Waals surface area contributed by atoms with E-state index in [1.807, 2.05) is 60.2 Å². The molecule has 3 rings (SSSR count). The number of aryl methyl sites for hydroxylation is 1. The van der Waals surface area contributed by atoms with E-state index in [0.29, 0.717) is 5.56 Å². The minimum Gasteiger partial charge on any atom is -0.478 e. The number of fused-ring (bicyclic) bond motifs is 1. The predicted molar refractivity (Wildman–Crippen MR) is 80.0 cm³/mol. The van der Waals surface area contributed by atoms with E-state index in [9.17, 15) is 9.90 Å². The molecule has 0 bridgehead atoms. The molecule has 1 N–H and O–H groups in total. The molecule has 1 heterocycles. The van der Waals surface area contributed by atoms with Crippen molar-refractivity contribution < 1.29 is 9.90 Å². The summed E-state index contributed by atoms with van der Waals surface area (Å²) in [6, 6.07) is 14.0. The zero-order valence-corrected chi connectivity index (χ0v) is 11.2. The first kappa shape index (κ1) is 12.5. The van der Waals surface area contributed by atoms with Crippen molar-refractivity contribution >= 4 is 16.7 Å². The molecule has 0 saturated carbocycles. The molecule has 0 aliphatic heterocycles. The van der Waals surface area contributed by atoms with Gasteiger partial charge in [-0.15, -0.1) is 0 Å². The van der Waals surface area contributed by atoms with Gasteiger partial charge < -0.3 is 9.67 Å². The van der Waals surface area contributed by atoms with Crippen LogP contribution in [-0.2, 0) is 6.54 Å². The van der Waals surface area contributed by atoms with Crippen molar-refractivity contribution in [2.75, 3.05) is 0 Å². The van der Waals surface area contributed by atoms with Crippen LogP contribution >= 0.6 is 0 Å². The molecule has 0 amide bonds. The number of aromatic nitrogens is 1. The first-order valence-electron chi connectivity index (χ1n) is 6.62. The summed E-state index contributed by atoms with van der Waals surface area (Å²) in [7, 11) is 0. The SMILES string of the molecule is CCn1cc(C(=O)O)c(-c2cccc3ccccc23)c1. The van der Waals surface area contributed by atoms with Gasteiger partial charge in [-0.05, 0) is 23.3 Å². The van der Waals surface area contributed by atoms with Crippen LogP contribution in [0.3, 0.4) is 0 Å². The lowest BCUT2D eigenvalue weighted by molar-refractivity contribution is 0.0697. The Hall–Kier alpha value is -2.55. The average Bonchev–Trinajstić information content (AvgIpc) is 2.91. The van der Waals surface area contributed by atoms with Crippen molar-refractivity contribution in [2.45, 2.75) is 13.5 Å². The molecule has 0 atom stereocenters. The molecule has 0 aliphatic rings. The van der Waals surface area contributed by atoms with E-state index >= 15 is 0 Å². The number of rotatable bonds is 3. The highest BCUT2D eigenvalue weighted by Gasteiger charge is 2.16. The van der Waals surface area contributed by atoms with Crippen LogP contribution in [0.2, 0.25) is 0 Å². The highest BCUT2D eigenvalue weighted by Crippen LogP contribution is 2.31. The lowest BCUT2D eigenvalue weighted by Gasteiger charge is -2.06. The van der Waals surface area contributed by atoms with Gasteiger partial charge in [0.1, 0.15) is 0 Å². The second kappa shape index (κ2) is 4.85. The summed E-state index contributed by atoms with van der Waals surface area (Å²) in [6.07, 6.45) is 3.60. The number of nitrogens with zero attached hydrogens (tertiary/aromatic N) is 1. The molecule has 0 unspecified atom stereocenters. The fourth-order valence-corrected chi connectivity index (χ4v) is 2.54. The summed E-state index contributed by atoms with van der Waals surface area (Å²) in [6.45, 7) is 2.75. The number of aromatic carboxylic acids is 1. The molecule has 3 nitrogen and oxygen atoms in total. The molecule has 0 spiro atoms. The van der Waals surface area contributed by atoms with Gasteiger partial charge >= 0.3 is 5.97 Å². The van der Waals surface area contributed by atoms with Crippen molar-refractivity contribution in [3.05, 3.63) is 60.4 Å². The van der Waals surface area contributed by atoms with Crippen LogP contribution in [0.1, 0.15) is 17.3 Å². The van der Waals surface area contributed by atoms with E-state index in [1.165, 1.54) is 0 Å². The van der Waals surface area contributed by atoms with Crippen LogP contribution in [0.4, 0.5) is 0 Å². The van der Waals surface area contributed by atoms with E-state index in [1.54, 1.807) is 6.20 Å². The molecule has 1 aromatic heterocycles. The third-order valence-corrected chi connectivity index (χ3v) is 3.56. The molecule has 0 fully saturated rings. The first-order chi connectivity index (χ1) is 9.70. The second-order valence-corrected chi connectivity index (χ2v) is 4.75. The normalized spacial score (nSPS) is 10.8. The largest absolute Gasteiger partial charge is 0.478 e. The Kier molecular flexibility index (Phi) is 3.03. The van der Waals surface area contributed by atoms with Crippen molar-refractivity contribution in [1.82, 2.24) is 4.57 Å². The van der Waals surface area contributed by atoms with Gasteiger partial charge in [0.25, 0.3) is 0 Å². The summed E-state index contributed by atoms with van der Waals surface area (Å²) >= 11 is 0. The molecular formula is C17H15NO2. The van der Waals surface area contributed by atoms with E-state index in [2.05, 4.69) is 0 Å². The molecule has 3 aromatic rings. The van der Waals surface area contributed by atoms with Gasteiger partial charge in [-0.1, -0.05) is 42.5 Å². The third kappa shape index (κ3) is 1.97. The quantitative estimate of drug-likeness (QED) is 0.777. The van der Waals surface area contributed by atoms with Gasteiger partial charge in [0.05, 0.1) is 5.56 Å². The molecule has 3 heteroatoms. The number of carboxylic acids is 1. The Labute approximate surface area is 117 Å². The maximum atomic E-state index is 11.4. The lowest BCUT2D eigenvalue weighted by atomic mass is 9.98. The number of carboxylic acid groups (broad SMARTS) is 1. The van der Waals surface area contributed by atoms with Crippen LogP contribution in [-0.4, -0.2) is 15.6 Å². The molecule has 0 saturated heterocycles. The van der Waals surface area contributed by atoms with E-state index in [-0.39, 0.29) is 0 Å². The number of hydrogen-bond donors (Lipinski definition) is 1. The van der Waals surface area contributed by atoms with Crippen LogP contribution in [0.5, 0.6) is 0 Å². The maximum Gasteiger partial charge on any atom is 0.337 e. The van der Waals surface area contributed by atoms with Crippen LogP contribution < -0.4 is 0 Å². The molecule has 0 radical (unpaired) electrons. The van der Waals surface area contributed by atoms with Gasteiger partial charge in [-0.2, -0.15) is 0 Å². The van der Waals surface area contributed by atoms with Crippen LogP contribution in [0.15, 0.2) is 54.9 Å². The average molecular weight is 265 g/mol. The number of hydrogen-bond acceptors (Lipinski definition) is 1. The Bertz CT molecular complexity index is 781. The van der Waals surface area contributed by atoms with Crippen LogP contribution in [0.25, 0.3) is 21.9 Å². The minimum atomic E-state index is -0.889. The Balaban J connectivity index is 2.30. The zero-order chi connectivity index (χ0) is 14.1. The standard InChI is InChI=1S/C17H15NO2/c1-2-18-10-15(16(11-18)17(19)20)14-9-5-7-12-6-3-4-8-13(12)14/h3-11H,2H2,1H3,(H,19,20). The Morgan fingerprint density at radius 2 is 1.80 bits per heavy atom. The van der Waals surface area contributed by atoms with Crippen molar-refractivity contribution in [3.63, 3.8) is 0 Å². The fourth-order valence-electron chi connectivity index (χ4n) is 2.54. The lowest BCUT2D eigenvalue weighted by Crippen LogP contribution is -1.96. The predicted octanol–water partition coefficient (Wildman–Crippen LogP) is 4.03. The van der Waals surface area contributed by atoms with Crippen molar-refractivity contribution in [2.24, 2.45) is 0 Å². The van der Waals surface area contributed by atoms with Gasteiger partial charge in [0, 0.05) is 24.5 Å². The Morgan fingerprint density at radius 1 is 1.05 bits per heavy atom. The van der Waals surface area contributed by atoms with Gasteiger partial charge in [0.2, 0.25) is 0 Å². The highest BCUT2D eigenvalue weighted by atomic mass is 16.4. The fraction of sp³-hybridized carbons (Fsp3) is 0.118. The maximum absolute atomic E-state index is 11.4. The monoisotopic (exact) mass is 265 g/mol. The van der Waals surface area contributed by atoms with E-state index in [4.69, 9.17) is 0 Å². The van der Waals surface area contributed by atoms with Gasteiger partial charge in [-0.25, -0.2) is 4.79 Å². The van der Waals surface area contributed by atoms with Crippen LogP contribution in [0, 0.1) is 0 Å². The third-order valence-electron chi connectivity index (χ3n) is 3.56. The van der Waals surface area contributed by atoms with Crippen molar-refractivity contribution in [3.8, 4) is 11.1 Å². The summed E-state index contributed by atoms with van der Waals surface area (Å²) < 4.78 is 1.90. The zero-order valence-electron chi connectivity index (χ0n) is 11.2. The van der Waals surface area contributed by atoms with Gasteiger partial charge in [-0.3, -0.25) is 0 Å². The minimum absolute atomic E-state index is 0.350. The summed E-state index contributed by atoms with van der Waals surface area (Å²) in [4.78, 5) is 11.4. The summed E-state index contributed by atoms with van der Waals surface area (Å²) in [5.74, 6) is -0.889. The molecule has 0 aliphatic carbocycles. The van der Waals surface area contributed by atoms with Crippen molar-refractivity contribution in [1.29, 1.82) is 0 Å². The first-order valence-corrected chi connectivity index (χ1v) is 6.62. The molecular weight excluding hydrogens is 250 g/mol. The topological polar surface area (TPSA) is 42.2 Å². The summed E-state index contributed by atoms with van der Waals surface area (Å²) in [5, 5.41) is 11.6. The molecule has 100 valence electrons. The smallest absolute Gasteiger partial charge is 0.337 e. The summed E-state index contributed by atoms with van der Waals surface area (Å²) in [5.41, 5.74) is 2.09. The van der Waals surface area contributed by atoms with Gasteiger partial charge in [0.15, 0.2) is 0 Å². The van der Waals surface area contributed by atoms with E-state index < -0.39 is 5.97 Å². The number of carbonyl (C=O) groups is 1. The van der Waals surface area contributed by atoms with E-state index in [0.717, 1.165) is 28.4 Å².